The Morgan fingerprint density at radius 3 is 2.65 bits per heavy atom. The molecule has 2 aromatic heterocycles. The van der Waals surface area contributed by atoms with Crippen LogP contribution in [0.4, 0.5) is 17.6 Å². The summed E-state index contributed by atoms with van der Waals surface area (Å²) >= 11 is 0. The second-order valence-corrected chi connectivity index (χ2v) is 7.78. The molecule has 1 aliphatic rings. The van der Waals surface area contributed by atoms with Crippen LogP contribution in [0.1, 0.15) is 34.0 Å². The van der Waals surface area contributed by atoms with Gasteiger partial charge in [-0.1, -0.05) is 6.07 Å². The molecule has 1 fully saturated rings. The number of hydrogen-bond acceptors (Lipinski definition) is 5. The van der Waals surface area contributed by atoms with Crippen molar-refractivity contribution in [1.82, 2.24) is 19.9 Å². The molecule has 1 unspecified atom stereocenters. The molecule has 0 aliphatic carbocycles. The van der Waals surface area contributed by atoms with Crippen molar-refractivity contribution in [3.63, 3.8) is 0 Å². The van der Waals surface area contributed by atoms with Crippen LogP contribution >= 0.6 is 0 Å². The van der Waals surface area contributed by atoms with Gasteiger partial charge in [0.25, 0.3) is 5.91 Å². The van der Waals surface area contributed by atoms with E-state index in [4.69, 9.17) is 4.74 Å². The largest absolute Gasteiger partial charge is 0.416 e. The smallest absolute Gasteiger partial charge is 0.385 e. The van der Waals surface area contributed by atoms with Gasteiger partial charge in [0.15, 0.2) is 5.65 Å². The number of amides is 1. The Labute approximate surface area is 173 Å². The summed E-state index contributed by atoms with van der Waals surface area (Å²) in [5, 5.41) is 17.6. The third kappa shape index (κ3) is 3.43. The molecule has 164 valence electrons. The Balaban J connectivity index is 1.78. The van der Waals surface area contributed by atoms with Gasteiger partial charge in [-0.3, -0.25) is 4.79 Å². The highest BCUT2D eigenvalue weighted by molar-refractivity contribution is 6.00. The summed E-state index contributed by atoms with van der Waals surface area (Å²) in [6, 6.07) is 1.93. The number of benzene rings is 1. The van der Waals surface area contributed by atoms with E-state index in [1.165, 1.54) is 23.8 Å². The molecule has 1 saturated heterocycles. The van der Waals surface area contributed by atoms with Gasteiger partial charge in [-0.25, -0.2) is 13.9 Å². The molecule has 0 bridgehead atoms. The maximum Gasteiger partial charge on any atom is 0.416 e. The number of hydrogen-bond donors (Lipinski definition) is 2. The lowest BCUT2D eigenvalue weighted by Gasteiger charge is -2.39. The van der Waals surface area contributed by atoms with E-state index in [1.807, 2.05) is 0 Å². The lowest BCUT2D eigenvalue weighted by Crippen LogP contribution is -2.60. The zero-order chi connectivity index (χ0) is 22.6. The zero-order valence-electron chi connectivity index (χ0n) is 16.5. The van der Waals surface area contributed by atoms with Gasteiger partial charge < -0.3 is 15.2 Å². The number of carbonyl (C=O) groups excluding carboxylic acids is 1. The molecule has 0 spiro atoms. The van der Waals surface area contributed by atoms with Crippen LogP contribution in [0.15, 0.2) is 36.8 Å². The fourth-order valence-corrected chi connectivity index (χ4v) is 3.71. The Morgan fingerprint density at radius 2 is 2.03 bits per heavy atom. The lowest BCUT2D eigenvalue weighted by atomic mass is 9.77. The van der Waals surface area contributed by atoms with Gasteiger partial charge in [-0.2, -0.15) is 18.3 Å². The number of nitrogens with one attached hydrogen (secondary N) is 1. The van der Waals surface area contributed by atoms with Crippen molar-refractivity contribution in [2.24, 2.45) is 0 Å². The molecule has 4 rings (SSSR count). The van der Waals surface area contributed by atoms with Crippen molar-refractivity contribution in [3.8, 4) is 0 Å². The topological polar surface area (TPSA) is 88.8 Å². The molecule has 3 aromatic rings. The lowest BCUT2D eigenvalue weighted by molar-refractivity contribution is -0.137. The highest BCUT2D eigenvalue weighted by Crippen LogP contribution is 2.41. The number of rotatable bonds is 3. The molecule has 11 heteroatoms. The van der Waals surface area contributed by atoms with E-state index in [-0.39, 0.29) is 30.0 Å². The van der Waals surface area contributed by atoms with Gasteiger partial charge in [0, 0.05) is 18.0 Å². The van der Waals surface area contributed by atoms with Crippen molar-refractivity contribution in [1.29, 1.82) is 0 Å². The number of alkyl halides is 3. The van der Waals surface area contributed by atoms with Gasteiger partial charge in [-0.05, 0) is 31.5 Å². The first kappa shape index (κ1) is 21.2. The van der Waals surface area contributed by atoms with Gasteiger partial charge in [0.2, 0.25) is 0 Å². The first-order chi connectivity index (χ1) is 14.4. The number of aryl methyl sites for hydroxylation is 1. The number of aliphatic hydroxyl groups is 1. The number of aromatic nitrogens is 3. The van der Waals surface area contributed by atoms with Gasteiger partial charge in [-0.15, -0.1) is 0 Å². The molecule has 0 saturated carbocycles. The number of nitrogens with zero attached hydrogens (tertiary/aromatic N) is 3. The van der Waals surface area contributed by atoms with E-state index in [0.29, 0.717) is 12.1 Å². The summed E-state index contributed by atoms with van der Waals surface area (Å²) in [5.74, 6) is -1.97. The van der Waals surface area contributed by atoms with Crippen LogP contribution in [0.2, 0.25) is 0 Å². The van der Waals surface area contributed by atoms with Crippen molar-refractivity contribution < 1.29 is 32.2 Å². The minimum atomic E-state index is -4.74. The third-order valence-electron chi connectivity index (χ3n) is 5.43. The molecule has 2 atom stereocenters. The minimum absolute atomic E-state index is 0.0504. The van der Waals surface area contributed by atoms with Crippen LogP contribution < -0.4 is 5.32 Å². The van der Waals surface area contributed by atoms with Crippen LogP contribution in [-0.2, 0) is 16.5 Å². The summed E-state index contributed by atoms with van der Waals surface area (Å²) in [6.45, 7) is 2.50. The fourth-order valence-electron chi connectivity index (χ4n) is 3.71. The summed E-state index contributed by atoms with van der Waals surface area (Å²) in [5.41, 5.74) is -4.07. The molecule has 1 aromatic carbocycles. The Kier molecular flexibility index (Phi) is 4.78. The summed E-state index contributed by atoms with van der Waals surface area (Å²) < 4.78 is 60.5. The maximum absolute atomic E-state index is 14.9. The standard InChI is InChI=1S/C20H18F4N4O3/c1-11-6-25-16-13(7-26-28(16)8-11)17(29)27-19(10-31-9-18(19,2)30)14-4-3-12(5-15(14)21)20(22,23)24/h3-8,30H,9-10H2,1-2H3,(H,27,29)/t18?,19-/m0/s1. The summed E-state index contributed by atoms with van der Waals surface area (Å²) in [4.78, 5) is 17.3. The van der Waals surface area contributed by atoms with Crippen LogP contribution in [0.3, 0.4) is 0 Å². The molecule has 31 heavy (non-hydrogen) atoms. The van der Waals surface area contributed by atoms with Crippen LogP contribution in [0.25, 0.3) is 5.65 Å². The van der Waals surface area contributed by atoms with Gasteiger partial charge >= 0.3 is 6.18 Å². The van der Waals surface area contributed by atoms with E-state index in [0.717, 1.165) is 11.6 Å². The molecule has 2 N–H and O–H groups in total. The van der Waals surface area contributed by atoms with Crippen LogP contribution in [-0.4, -0.2) is 44.4 Å². The van der Waals surface area contributed by atoms with E-state index in [2.05, 4.69) is 15.4 Å². The number of carbonyl (C=O) groups is 1. The monoisotopic (exact) mass is 438 g/mol. The van der Waals surface area contributed by atoms with E-state index in [1.54, 1.807) is 13.1 Å². The van der Waals surface area contributed by atoms with E-state index in [9.17, 15) is 27.5 Å². The third-order valence-corrected chi connectivity index (χ3v) is 5.43. The predicted octanol–water partition coefficient (Wildman–Crippen LogP) is 2.60. The molecule has 0 radical (unpaired) electrons. The average Bonchev–Trinajstić information content (AvgIpc) is 3.21. The van der Waals surface area contributed by atoms with Crippen molar-refractivity contribution in [2.75, 3.05) is 13.2 Å². The number of fused-ring (bicyclic) bond motifs is 1. The highest BCUT2D eigenvalue weighted by Gasteiger charge is 2.56. The predicted molar refractivity (Wildman–Crippen MR) is 99.7 cm³/mol. The maximum atomic E-state index is 14.9. The van der Waals surface area contributed by atoms with Crippen molar-refractivity contribution in [2.45, 2.75) is 31.2 Å². The summed E-state index contributed by atoms with van der Waals surface area (Å²) in [7, 11) is 0. The fraction of sp³-hybridized carbons (Fsp3) is 0.350. The van der Waals surface area contributed by atoms with E-state index >= 15 is 0 Å². The second-order valence-electron chi connectivity index (χ2n) is 7.78. The molecular weight excluding hydrogens is 420 g/mol. The number of ether oxygens (including phenoxy) is 1. The Hall–Kier alpha value is -3.05. The number of halogens is 4. The average molecular weight is 438 g/mol. The Morgan fingerprint density at radius 1 is 1.29 bits per heavy atom. The first-order valence-corrected chi connectivity index (χ1v) is 9.24. The molecule has 1 amide bonds. The summed E-state index contributed by atoms with van der Waals surface area (Å²) in [6.07, 6.45) is -0.295. The quantitative estimate of drug-likeness (QED) is 0.614. The molecule has 1 aliphatic heterocycles. The Bertz CT molecular complexity index is 1170. The highest BCUT2D eigenvalue weighted by atomic mass is 19.4. The van der Waals surface area contributed by atoms with Crippen LogP contribution in [0.5, 0.6) is 0 Å². The normalized spacial score (nSPS) is 24.0. The van der Waals surface area contributed by atoms with Crippen LogP contribution in [0, 0.1) is 12.7 Å². The minimum Gasteiger partial charge on any atom is -0.385 e. The van der Waals surface area contributed by atoms with Gasteiger partial charge in [0.1, 0.15) is 22.5 Å². The van der Waals surface area contributed by atoms with Crippen molar-refractivity contribution >= 4 is 11.6 Å². The van der Waals surface area contributed by atoms with Gasteiger partial charge in [0.05, 0.1) is 25.0 Å². The SMILES string of the molecule is Cc1cnc2c(C(=O)N[C@]3(c4ccc(C(F)(F)F)cc4F)COCC3(C)O)cnn2c1. The van der Waals surface area contributed by atoms with Crippen molar-refractivity contribution in [3.05, 3.63) is 64.9 Å². The molecule has 3 heterocycles. The van der Waals surface area contributed by atoms with E-state index < -0.39 is 34.6 Å². The molecular formula is C20H18F4N4O3. The molecule has 7 nitrogen and oxygen atoms in total. The first-order valence-electron chi connectivity index (χ1n) is 9.24. The second kappa shape index (κ2) is 6.99. The zero-order valence-corrected chi connectivity index (χ0v) is 16.5.